The third-order valence-electron chi connectivity index (χ3n) is 4.92. The summed E-state index contributed by atoms with van der Waals surface area (Å²) < 4.78 is 4.95. The van der Waals surface area contributed by atoms with Crippen molar-refractivity contribution < 1.29 is 19.2 Å². The number of nitrogen functional groups attached to an aromatic ring is 1. The summed E-state index contributed by atoms with van der Waals surface area (Å²) >= 11 is 0. The normalized spacial score (nSPS) is 13.9. The molecule has 1 fully saturated rings. The van der Waals surface area contributed by atoms with Gasteiger partial charge in [-0.1, -0.05) is 12.8 Å². The van der Waals surface area contributed by atoms with E-state index in [4.69, 9.17) is 10.5 Å². The van der Waals surface area contributed by atoms with Crippen molar-refractivity contribution in [2.24, 2.45) is 0 Å². The average Bonchev–Trinajstić information content (AvgIpc) is 3.02. The molecule has 9 heteroatoms. The number of esters is 1. The zero-order chi connectivity index (χ0) is 21.5. The first-order valence-electron chi connectivity index (χ1n) is 9.80. The molecule has 3 N–H and O–H groups in total. The quantitative estimate of drug-likeness (QED) is 0.322. The molecule has 0 saturated carbocycles. The number of nitrogens with two attached hydrogens (primary N) is 1. The van der Waals surface area contributed by atoms with E-state index in [1.165, 1.54) is 37.8 Å². The van der Waals surface area contributed by atoms with Crippen molar-refractivity contribution >= 4 is 34.6 Å². The van der Waals surface area contributed by atoms with Crippen molar-refractivity contribution in [2.45, 2.75) is 25.7 Å². The molecule has 2 aromatic carbocycles. The van der Waals surface area contributed by atoms with Gasteiger partial charge in [0.15, 0.2) is 6.61 Å². The van der Waals surface area contributed by atoms with Crippen LogP contribution in [0.5, 0.6) is 0 Å². The van der Waals surface area contributed by atoms with Crippen LogP contribution in [0.1, 0.15) is 36.0 Å². The van der Waals surface area contributed by atoms with E-state index >= 15 is 0 Å². The lowest BCUT2D eigenvalue weighted by atomic mass is 10.1. The van der Waals surface area contributed by atoms with Crippen LogP contribution in [0.25, 0.3) is 0 Å². The monoisotopic (exact) mass is 412 g/mol. The molecule has 0 atom stereocenters. The molecule has 1 aliphatic rings. The molecule has 9 nitrogen and oxygen atoms in total. The molecule has 158 valence electrons. The van der Waals surface area contributed by atoms with E-state index in [0.29, 0.717) is 5.69 Å². The molecule has 0 unspecified atom stereocenters. The molecule has 2 aromatic rings. The van der Waals surface area contributed by atoms with Crippen LogP contribution in [0.2, 0.25) is 0 Å². The molecule has 1 aliphatic heterocycles. The van der Waals surface area contributed by atoms with E-state index in [1.807, 2.05) is 12.1 Å². The van der Waals surface area contributed by atoms with Crippen molar-refractivity contribution in [2.75, 3.05) is 35.6 Å². The van der Waals surface area contributed by atoms with E-state index in [0.717, 1.165) is 24.8 Å². The molecular formula is C21H24N4O5. The third kappa shape index (κ3) is 5.47. The molecule has 30 heavy (non-hydrogen) atoms. The second kappa shape index (κ2) is 9.73. The van der Waals surface area contributed by atoms with Crippen LogP contribution in [-0.2, 0) is 9.53 Å². The summed E-state index contributed by atoms with van der Waals surface area (Å²) in [7, 11) is 0. The van der Waals surface area contributed by atoms with Gasteiger partial charge in [-0.25, -0.2) is 4.79 Å². The fraction of sp³-hybridized carbons (Fsp3) is 0.333. The Hall–Kier alpha value is -3.62. The lowest BCUT2D eigenvalue weighted by Crippen LogP contribution is -2.24. The highest BCUT2D eigenvalue weighted by atomic mass is 16.6. The Morgan fingerprint density at radius 1 is 1.07 bits per heavy atom. The number of rotatable bonds is 6. The maximum atomic E-state index is 12.1. The van der Waals surface area contributed by atoms with Gasteiger partial charge >= 0.3 is 5.97 Å². The third-order valence-corrected chi connectivity index (χ3v) is 4.92. The van der Waals surface area contributed by atoms with Crippen molar-refractivity contribution in [1.29, 1.82) is 0 Å². The van der Waals surface area contributed by atoms with Crippen molar-refractivity contribution in [3.8, 4) is 0 Å². The summed E-state index contributed by atoms with van der Waals surface area (Å²) in [6, 6.07) is 11.0. The first-order valence-corrected chi connectivity index (χ1v) is 9.80. The Morgan fingerprint density at radius 3 is 2.37 bits per heavy atom. The van der Waals surface area contributed by atoms with E-state index < -0.39 is 23.4 Å². The number of hydrogen-bond donors (Lipinski definition) is 2. The molecule has 0 aliphatic carbocycles. The summed E-state index contributed by atoms with van der Waals surface area (Å²) in [5.41, 5.74) is 6.98. The van der Waals surface area contributed by atoms with Crippen LogP contribution in [0.15, 0.2) is 42.5 Å². The van der Waals surface area contributed by atoms with Gasteiger partial charge < -0.3 is 20.7 Å². The van der Waals surface area contributed by atoms with Crippen LogP contribution in [-0.4, -0.2) is 36.5 Å². The van der Waals surface area contributed by atoms with Crippen LogP contribution in [0, 0.1) is 10.1 Å². The van der Waals surface area contributed by atoms with Crippen LogP contribution < -0.4 is 16.0 Å². The van der Waals surface area contributed by atoms with Gasteiger partial charge in [0, 0.05) is 42.3 Å². The largest absolute Gasteiger partial charge is 0.452 e. The summed E-state index contributed by atoms with van der Waals surface area (Å²) in [4.78, 5) is 36.8. The van der Waals surface area contributed by atoms with Gasteiger partial charge in [0.25, 0.3) is 11.6 Å². The Bertz CT molecular complexity index is 921. The molecular weight excluding hydrogens is 388 g/mol. The Kier molecular flexibility index (Phi) is 6.84. The number of non-ortho nitro benzene ring substituents is 1. The number of amides is 1. The smallest absolute Gasteiger partial charge is 0.341 e. The molecule has 1 amide bonds. The summed E-state index contributed by atoms with van der Waals surface area (Å²) in [5, 5.41) is 13.5. The van der Waals surface area contributed by atoms with Gasteiger partial charge in [0.1, 0.15) is 0 Å². The van der Waals surface area contributed by atoms with Crippen LogP contribution in [0.3, 0.4) is 0 Å². The van der Waals surface area contributed by atoms with Crippen molar-refractivity contribution in [3.63, 3.8) is 0 Å². The SMILES string of the molecule is Nc1ccc([N+](=O)[O-])cc1C(=O)OCC(=O)Nc1ccc(N2CCCCCC2)cc1. The van der Waals surface area contributed by atoms with Crippen LogP contribution in [0.4, 0.5) is 22.7 Å². The molecule has 1 heterocycles. The van der Waals surface area contributed by atoms with E-state index in [1.54, 1.807) is 12.1 Å². The molecule has 1 saturated heterocycles. The van der Waals surface area contributed by atoms with Gasteiger partial charge in [0.2, 0.25) is 0 Å². The predicted molar refractivity (Wildman–Crippen MR) is 114 cm³/mol. The Labute approximate surface area is 174 Å². The predicted octanol–water partition coefficient (Wildman–Crippen LogP) is 3.35. The lowest BCUT2D eigenvalue weighted by Gasteiger charge is -2.22. The van der Waals surface area contributed by atoms with Gasteiger partial charge in [-0.2, -0.15) is 0 Å². The second-order valence-corrected chi connectivity index (χ2v) is 7.10. The number of nitro groups is 1. The number of nitrogens with one attached hydrogen (secondary N) is 1. The van der Waals surface area contributed by atoms with Gasteiger partial charge in [-0.05, 0) is 43.2 Å². The van der Waals surface area contributed by atoms with Crippen molar-refractivity contribution in [3.05, 3.63) is 58.1 Å². The highest BCUT2D eigenvalue weighted by Crippen LogP contribution is 2.22. The van der Waals surface area contributed by atoms with Crippen molar-refractivity contribution in [1.82, 2.24) is 0 Å². The van der Waals surface area contributed by atoms with Gasteiger partial charge in [-0.3, -0.25) is 14.9 Å². The molecule has 0 aromatic heterocycles. The van der Waals surface area contributed by atoms with E-state index in [9.17, 15) is 19.7 Å². The van der Waals surface area contributed by atoms with E-state index in [2.05, 4.69) is 10.2 Å². The standard InChI is InChI=1S/C21H24N4O5/c22-19-10-9-17(25(28)29)13-18(19)21(27)30-14-20(26)23-15-5-7-16(8-6-15)24-11-3-1-2-4-12-24/h5-10,13H,1-4,11-12,14,22H2,(H,23,26). The molecule has 0 radical (unpaired) electrons. The minimum absolute atomic E-state index is 0.0371. The highest BCUT2D eigenvalue weighted by molar-refractivity contribution is 5.98. The minimum Gasteiger partial charge on any atom is -0.452 e. The highest BCUT2D eigenvalue weighted by Gasteiger charge is 2.18. The molecule has 3 rings (SSSR count). The number of benzene rings is 2. The first-order chi connectivity index (χ1) is 14.4. The maximum absolute atomic E-state index is 12.1. The summed E-state index contributed by atoms with van der Waals surface area (Å²) in [6.45, 7) is 1.53. The topological polar surface area (TPSA) is 128 Å². The zero-order valence-corrected chi connectivity index (χ0v) is 16.5. The average molecular weight is 412 g/mol. The van der Waals surface area contributed by atoms with Gasteiger partial charge in [0.05, 0.1) is 10.5 Å². The first kappa shape index (κ1) is 21.1. The fourth-order valence-electron chi connectivity index (χ4n) is 3.32. The number of nitro benzene ring substituents is 1. The Morgan fingerprint density at radius 2 is 1.73 bits per heavy atom. The zero-order valence-electron chi connectivity index (χ0n) is 16.5. The van der Waals surface area contributed by atoms with E-state index in [-0.39, 0.29) is 16.9 Å². The number of anilines is 3. The number of nitrogens with zero attached hydrogens (tertiary/aromatic N) is 2. The van der Waals surface area contributed by atoms with Gasteiger partial charge in [-0.15, -0.1) is 0 Å². The number of ether oxygens (including phenoxy) is 1. The second-order valence-electron chi connectivity index (χ2n) is 7.10. The molecule has 0 spiro atoms. The minimum atomic E-state index is -0.900. The maximum Gasteiger partial charge on any atom is 0.341 e. The number of hydrogen-bond acceptors (Lipinski definition) is 7. The summed E-state index contributed by atoms with van der Waals surface area (Å²) in [5.74, 6) is -1.42. The molecule has 0 bridgehead atoms. The lowest BCUT2D eigenvalue weighted by molar-refractivity contribution is -0.384. The summed E-state index contributed by atoms with van der Waals surface area (Å²) in [6.07, 6.45) is 4.87. The Balaban J connectivity index is 1.54. The van der Waals surface area contributed by atoms with Crippen LogP contribution >= 0.6 is 0 Å². The number of carbonyl (C=O) groups is 2. The fourth-order valence-corrected chi connectivity index (χ4v) is 3.32. The number of carbonyl (C=O) groups excluding carboxylic acids is 2.